The summed E-state index contributed by atoms with van der Waals surface area (Å²) in [7, 11) is -2.82. The maximum Gasteiger partial charge on any atom is 4.00 e. The molecule has 7 rings (SSSR count). The minimum Gasteiger partial charge on any atom is -1.00 e. The van der Waals surface area contributed by atoms with Crippen LogP contribution in [0.4, 0.5) is 0 Å². The maximum absolute atomic E-state index is 6.21. The topological polar surface area (TPSA) is 0 Å². The summed E-state index contributed by atoms with van der Waals surface area (Å²) in [5.41, 5.74) is 13.2. The number of halogens is 6. The zero-order chi connectivity index (χ0) is 36.4. The van der Waals surface area contributed by atoms with Gasteiger partial charge in [0, 0.05) is 15.1 Å². The molecule has 8 heteroatoms. The molecule has 0 bridgehead atoms. The smallest absolute Gasteiger partial charge is 1.00 e. The summed E-state index contributed by atoms with van der Waals surface area (Å²) in [6.07, 6.45) is 2.58. The van der Waals surface area contributed by atoms with Crippen LogP contribution in [0.3, 0.4) is 0 Å². The van der Waals surface area contributed by atoms with Crippen LogP contribution in [0.15, 0.2) is 146 Å². The molecule has 0 unspecified atom stereocenters. The van der Waals surface area contributed by atoms with Crippen LogP contribution in [0, 0.1) is 27.7 Å². The van der Waals surface area contributed by atoms with Gasteiger partial charge in [0.2, 0.25) is 0 Å². The molecule has 0 amide bonds. The zero-order valence-corrected chi connectivity index (χ0v) is 38.8. The van der Waals surface area contributed by atoms with E-state index in [-0.39, 0.29) is 58.9 Å². The molecule has 0 aliphatic rings. The van der Waals surface area contributed by atoms with Crippen LogP contribution < -0.4 is 58.0 Å². The van der Waals surface area contributed by atoms with Gasteiger partial charge in [0.1, 0.15) is 0 Å². The summed E-state index contributed by atoms with van der Waals surface area (Å²) < 4.78 is 0. The summed E-state index contributed by atoms with van der Waals surface area (Å²) in [5, 5.41) is 7.96. The summed E-state index contributed by atoms with van der Waals surface area (Å²) in [6, 6.07) is 53.1. The van der Waals surface area contributed by atoms with Crippen molar-refractivity contribution in [3.05, 3.63) is 216 Å². The van der Waals surface area contributed by atoms with Crippen LogP contribution in [-0.4, -0.2) is 8.07 Å². The van der Waals surface area contributed by atoms with Gasteiger partial charge in [-0.15, -0.1) is 0 Å². The molecule has 0 fully saturated rings. The Labute approximate surface area is 382 Å². The molecule has 0 aliphatic heterocycles. The Kier molecular flexibility index (Phi) is 17.8. The Bertz CT molecular complexity index is 2050. The average Bonchev–Trinajstić information content (AvgIpc) is 3.35. The van der Waals surface area contributed by atoms with Gasteiger partial charge < -0.3 is 37.2 Å². The van der Waals surface area contributed by atoms with E-state index in [1.165, 1.54) is 76.4 Å². The third-order valence-corrected chi connectivity index (χ3v) is 16.8. The molecule has 0 aliphatic carbocycles. The number of hydrogen-bond acceptors (Lipinski definition) is 0. The number of hydrogen-bond donors (Lipinski definition) is 0. The van der Waals surface area contributed by atoms with Gasteiger partial charge in [0.05, 0.1) is 0 Å². The first-order valence-electron chi connectivity index (χ1n) is 17.9. The molecule has 7 aromatic carbocycles. The molecule has 7 aromatic rings. The van der Waals surface area contributed by atoms with E-state index < -0.39 is 8.07 Å². The van der Waals surface area contributed by atoms with Crippen molar-refractivity contribution in [3.8, 4) is 0 Å². The largest absolute Gasteiger partial charge is 4.00 e. The van der Waals surface area contributed by atoms with Gasteiger partial charge in [-0.3, -0.25) is 0 Å². The number of rotatable bonds is 10. The predicted molar refractivity (Wildman–Crippen MR) is 227 cm³/mol. The van der Waals surface area contributed by atoms with E-state index in [0.29, 0.717) is 0 Å². The first-order chi connectivity index (χ1) is 25.1. The van der Waals surface area contributed by atoms with Crippen molar-refractivity contribution in [2.24, 2.45) is 0 Å². The Morgan fingerprint density at radius 3 is 0.839 bits per heavy atom. The Morgan fingerprint density at radius 1 is 0.393 bits per heavy atom. The van der Waals surface area contributed by atoms with Crippen molar-refractivity contribution in [1.82, 2.24) is 0 Å². The standard InChI is InChI=1S/C48H42Cl3Si.3ClH.Ti/c1-32-33(2)35(4)48(34(32)3)52(45-23-11-39(12-24-45)29-36-5-17-42(49)18-6-36,46-25-13-40(14-26-46)30-37-7-19-43(50)20-8-37)47-27-15-41(16-28-47)31-38-9-21-44(51)22-10-38;;;;/h5-28H,29-31H2,1-4H3;3*1H;/q-1;;;;+4/p-3. The minimum absolute atomic E-state index is 0. The first-order valence-corrected chi connectivity index (χ1v) is 21.0. The van der Waals surface area contributed by atoms with E-state index in [1.807, 2.05) is 36.4 Å². The fraction of sp³-hybridized carbons (Fsp3) is 0.146. The Morgan fingerprint density at radius 2 is 0.625 bits per heavy atom. The van der Waals surface area contributed by atoms with Crippen LogP contribution in [0.2, 0.25) is 15.1 Å². The van der Waals surface area contributed by atoms with Crippen LogP contribution in [0.1, 0.15) is 55.6 Å². The van der Waals surface area contributed by atoms with Crippen LogP contribution in [-0.2, 0) is 41.0 Å². The van der Waals surface area contributed by atoms with Crippen LogP contribution in [0.25, 0.3) is 0 Å². The van der Waals surface area contributed by atoms with E-state index in [2.05, 4.69) is 137 Å². The van der Waals surface area contributed by atoms with Crippen molar-refractivity contribution in [1.29, 1.82) is 0 Å². The molecule has 0 radical (unpaired) electrons. The molecule has 0 aromatic heterocycles. The monoisotopic (exact) mass is 904 g/mol. The summed E-state index contributed by atoms with van der Waals surface area (Å²) >= 11 is 18.6. The second-order valence-corrected chi connectivity index (χ2v) is 19.2. The summed E-state index contributed by atoms with van der Waals surface area (Å²) in [5.74, 6) is 0. The van der Waals surface area contributed by atoms with Crippen LogP contribution in [0.5, 0.6) is 0 Å². The van der Waals surface area contributed by atoms with Gasteiger partial charge in [-0.2, -0.15) is 27.4 Å². The van der Waals surface area contributed by atoms with E-state index in [9.17, 15) is 0 Å². The zero-order valence-electron chi connectivity index (χ0n) is 31.7. The first kappa shape index (κ1) is 47.7. The molecule has 0 saturated carbocycles. The van der Waals surface area contributed by atoms with Crippen molar-refractivity contribution >= 4 is 63.6 Å². The van der Waals surface area contributed by atoms with Gasteiger partial charge in [0.25, 0.3) is 0 Å². The quantitative estimate of drug-likeness (QED) is 0.112. The van der Waals surface area contributed by atoms with Gasteiger partial charge in [-0.25, -0.2) is 0 Å². The molecule has 0 heterocycles. The fourth-order valence-electron chi connectivity index (χ4n) is 7.85. The van der Waals surface area contributed by atoms with Gasteiger partial charge in [0.15, 0.2) is 8.07 Å². The van der Waals surface area contributed by atoms with Gasteiger partial charge in [-0.1, -0.05) is 172 Å². The van der Waals surface area contributed by atoms with E-state index >= 15 is 0 Å². The van der Waals surface area contributed by atoms with E-state index in [0.717, 1.165) is 34.3 Å². The normalized spacial score (nSPS) is 10.8. The molecule has 56 heavy (non-hydrogen) atoms. The molecular formula is C48H42Cl6SiTi. The molecule has 0 nitrogen and oxygen atoms in total. The second-order valence-electron chi connectivity index (χ2n) is 14.1. The third kappa shape index (κ3) is 10.1. The molecular weight excluding hydrogens is 865 g/mol. The van der Waals surface area contributed by atoms with Crippen LogP contribution >= 0.6 is 34.8 Å². The predicted octanol–water partition coefficient (Wildman–Crippen LogP) is 1.76. The maximum atomic E-state index is 6.21. The minimum atomic E-state index is -2.82. The fourth-order valence-corrected chi connectivity index (χ4v) is 13.6. The van der Waals surface area contributed by atoms with Crippen molar-refractivity contribution in [3.63, 3.8) is 0 Å². The van der Waals surface area contributed by atoms with E-state index in [1.54, 1.807) is 0 Å². The molecule has 0 spiro atoms. The Hall–Kier alpha value is -2.66. The van der Waals surface area contributed by atoms with Crippen molar-refractivity contribution in [2.75, 3.05) is 0 Å². The molecule has 0 N–H and O–H groups in total. The van der Waals surface area contributed by atoms with Gasteiger partial charge in [-0.05, 0) is 105 Å². The SMILES string of the molecule is Cc1c(C)c([Si](c2ccc(Cc3ccc(Cl)cc3)cc2)(c2ccc(Cc3ccc(Cl)cc3)cc2)c2ccc(Cc3ccc(Cl)cc3)cc2)[c-](C)c1C.[Cl-].[Cl-].[Cl-].[Ti+4]. The van der Waals surface area contributed by atoms with Crippen molar-refractivity contribution in [2.45, 2.75) is 47.0 Å². The Balaban J connectivity index is 0.00000210. The van der Waals surface area contributed by atoms with Crippen molar-refractivity contribution < 1.29 is 58.9 Å². The molecule has 0 saturated heterocycles. The van der Waals surface area contributed by atoms with Gasteiger partial charge >= 0.3 is 21.7 Å². The number of benzene rings is 6. The average molecular weight is 908 g/mol. The third-order valence-electron chi connectivity index (χ3n) is 10.9. The second kappa shape index (κ2) is 20.9. The molecule has 0 atom stereocenters. The summed E-state index contributed by atoms with van der Waals surface area (Å²) in [4.78, 5) is 0. The van der Waals surface area contributed by atoms with E-state index in [4.69, 9.17) is 34.8 Å². The molecule has 284 valence electrons. The summed E-state index contributed by atoms with van der Waals surface area (Å²) in [6.45, 7) is 9.26.